The molecule has 2 rings (SSSR count). The summed E-state index contributed by atoms with van der Waals surface area (Å²) >= 11 is 0. The molecule has 0 spiro atoms. The average Bonchev–Trinajstić information content (AvgIpc) is 2.70. The standard InChI is InChI=1S/C13H13N3O2/c1-15-5-6-16(13(15)17)9-10-3-4-12(18-2)11(7-10)8-14/h3-7H,9H2,1-2H3. The van der Waals surface area contributed by atoms with Gasteiger partial charge in [-0.05, 0) is 17.7 Å². The molecule has 0 atom stereocenters. The first-order valence-electron chi connectivity index (χ1n) is 5.44. The van der Waals surface area contributed by atoms with Gasteiger partial charge in [-0.1, -0.05) is 6.07 Å². The number of hydrogen-bond acceptors (Lipinski definition) is 3. The van der Waals surface area contributed by atoms with Gasteiger partial charge < -0.3 is 9.30 Å². The van der Waals surface area contributed by atoms with Crippen molar-refractivity contribution in [2.45, 2.75) is 6.54 Å². The van der Waals surface area contributed by atoms with E-state index < -0.39 is 0 Å². The Morgan fingerprint density at radius 1 is 1.39 bits per heavy atom. The van der Waals surface area contributed by atoms with Gasteiger partial charge in [0.15, 0.2) is 0 Å². The van der Waals surface area contributed by atoms with E-state index in [4.69, 9.17) is 10.00 Å². The van der Waals surface area contributed by atoms with Crippen LogP contribution in [0, 0.1) is 11.3 Å². The van der Waals surface area contributed by atoms with Gasteiger partial charge in [-0.2, -0.15) is 5.26 Å². The molecule has 92 valence electrons. The van der Waals surface area contributed by atoms with Gasteiger partial charge in [-0.25, -0.2) is 4.79 Å². The van der Waals surface area contributed by atoms with Crippen molar-refractivity contribution in [1.29, 1.82) is 5.26 Å². The second-order valence-electron chi connectivity index (χ2n) is 3.97. The Morgan fingerprint density at radius 2 is 2.17 bits per heavy atom. The first kappa shape index (κ1) is 12.0. The molecule has 0 amide bonds. The van der Waals surface area contributed by atoms with Crippen molar-refractivity contribution in [2.75, 3.05) is 7.11 Å². The highest BCUT2D eigenvalue weighted by Gasteiger charge is 2.06. The van der Waals surface area contributed by atoms with Crippen LogP contribution in [0.1, 0.15) is 11.1 Å². The van der Waals surface area contributed by atoms with Crippen LogP contribution < -0.4 is 10.4 Å². The van der Waals surface area contributed by atoms with Gasteiger partial charge >= 0.3 is 5.69 Å². The van der Waals surface area contributed by atoms with Crippen molar-refractivity contribution in [3.8, 4) is 11.8 Å². The van der Waals surface area contributed by atoms with Crippen molar-refractivity contribution in [2.24, 2.45) is 7.05 Å². The SMILES string of the molecule is COc1ccc(Cn2ccn(C)c2=O)cc1C#N. The third-order valence-corrected chi connectivity index (χ3v) is 2.75. The quantitative estimate of drug-likeness (QED) is 0.811. The third-order valence-electron chi connectivity index (χ3n) is 2.75. The summed E-state index contributed by atoms with van der Waals surface area (Å²) in [5.41, 5.74) is 1.28. The van der Waals surface area contributed by atoms with E-state index in [-0.39, 0.29) is 5.69 Å². The number of hydrogen-bond donors (Lipinski definition) is 0. The minimum Gasteiger partial charge on any atom is -0.495 e. The van der Waals surface area contributed by atoms with Gasteiger partial charge in [0.25, 0.3) is 0 Å². The molecule has 0 unspecified atom stereocenters. The van der Waals surface area contributed by atoms with E-state index in [1.165, 1.54) is 11.7 Å². The van der Waals surface area contributed by atoms with Gasteiger partial charge in [0.2, 0.25) is 0 Å². The first-order chi connectivity index (χ1) is 8.65. The molecule has 0 fully saturated rings. The second-order valence-corrected chi connectivity index (χ2v) is 3.97. The summed E-state index contributed by atoms with van der Waals surface area (Å²) < 4.78 is 8.17. The molecule has 0 radical (unpaired) electrons. The number of aromatic nitrogens is 2. The number of rotatable bonds is 3. The van der Waals surface area contributed by atoms with Crippen LogP contribution >= 0.6 is 0 Å². The van der Waals surface area contributed by atoms with Crippen LogP contribution in [0.4, 0.5) is 0 Å². The van der Waals surface area contributed by atoms with E-state index in [2.05, 4.69) is 6.07 Å². The molecule has 1 aromatic heterocycles. The average molecular weight is 243 g/mol. The maximum atomic E-state index is 11.7. The third kappa shape index (κ3) is 2.13. The number of aryl methyl sites for hydroxylation is 1. The fraction of sp³-hybridized carbons (Fsp3) is 0.231. The molecule has 1 heterocycles. The Kier molecular flexibility index (Phi) is 3.20. The molecule has 5 heteroatoms. The van der Waals surface area contributed by atoms with E-state index in [9.17, 15) is 4.79 Å². The Bertz CT molecular complexity index is 662. The smallest absolute Gasteiger partial charge is 0.328 e. The minimum absolute atomic E-state index is 0.0793. The van der Waals surface area contributed by atoms with Gasteiger partial charge in [-0.15, -0.1) is 0 Å². The van der Waals surface area contributed by atoms with Gasteiger partial charge in [0.05, 0.1) is 19.2 Å². The topological polar surface area (TPSA) is 59.9 Å². The number of methoxy groups -OCH3 is 1. The molecule has 0 aliphatic rings. The number of ether oxygens (including phenoxy) is 1. The largest absolute Gasteiger partial charge is 0.495 e. The lowest BCUT2D eigenvalue weighted by atomic mass is 10.1. The van der Waals surface area contributed by atoms with E-state index in [0.717, 1.165) is 5.56 Å². The molecule has 0 aliphatic heterocycles. The van der Waals surface area contributed by atoms with Gasteiger partial charge in [0, 0.05) is 19.4 Å². The molecule has 18 heavy (non-hydrogen) atoms. The number of benzene rings is 1. The summed E-state index contributed by atoms with van der Waals surface area (Å²) in [6.45, 7) is 0.443. The van der Waals surface area contributed by atoms with Crippen LogP contribution in [-0.4, -0.2) is 16.2 Å². The van der Waals surface area contributed by atoms with Crippen molar-refractivity contribution in [3.05, 3.63) is 52.2 Å². The number of imidazole rings is 1. The Balaban J connectivity index is 2.34. The summed E-state index contributed by atoms with van der Waals surface area (Å²) in [5, 5.41) is 9.00. The summed E-state index contributed by atoms with van der Waals surface area (Å²) in [6.07, 6.45) is 3.43. The second kappa shape index (κ2) is 4.80. The van der Waals surface area contributed by atoms with Crippen LogP contribution in [0.3, 0.4) is 0 Å². The summed E-state index contributed by atoms with van der Waals surface area (Å²) in [6, 6.07) is 7.39. The number of nitrogens with zero attached hydrogens (tertiary/aromatic N) is 3. The van der Waals surface area contributed by atoms with E-state index in [1.54, 1.807) is 36.1 Å². The van der Waals surface area contributed by atoms with Crippen molar-refractivity contribution < 1.29 is 4.74 Å². The highest BCUT2D eigenvalue weighted by Crippen LogP contribution is 2.19. The van der Waals surface area contributed by atoms with Crippen LogP contribution in [0.15, 0.2) is 35.4 Å². The lowest BCUT2D eigenvalue weighted by Gasteiger charge is -2.06. The molecule has 5 nitrogen and oxygen atoms in total. The fourth-order valence-electron chi connectivity index (χ4n) is 1.77. The summed E-state index contributed by atoms with van der Waals surface area (Å²) in [4.78, 5) is 11.7. The minimum atomic E-state index is -0.0793. The zero-order valence-corrected chi connectivity index (χ0v) is 10.3. The molecular weight excluding hydrogens is 230 g/mol. The normalized spacial score (nSPS) is 10.1. The lowest BCUT2D eigenvalue weighted by molar-refractivity contribution is 0.413. The highest BCUT2D eigenvalue weighted by molar-refractivity contribution is 5.45. The van der Waals surface area contributed by atoms with Crippen LogP contribution in [0.5, 0.6) is 5.75 Å². The van der Waals surface area contributed by atoms with Gasteiger partial charge in [-0.3, -0.25) is 4.57 Å². The van der Waals surface area contributed by atoms with Crippen LogP contribution in [0.2, 0.25) is 0 Å². The Hall–Kier alpha value is -2.48. The molecule has 0 aliphatic carbocycles. The highest BCUT2D eigenvalue weighted by atomic mass is 16.5. The first-order valence-corrected chi connectivity index (χ1v) is 5.44. The molecule has 0 saturated carbocycles. The Morgan fingerprint density at radius 3 is 2.72 bits per heavy atom. The molecule has 0 N–H and O–H groups in total. The molecule has 2 aromatic rings. The monoisotopic (exact) mass is 243 g/mol. The molecule has 0 saturated heterocycles. The maximum Gasteiger partial charge on any atom is 0.328 e. The number of nitriles is 1. The van der Waals surface area contributed by atoms with Crippen molar-refractivity contribution in [1.82, 2.24) is 9.13 Å². The fourth-order valence-corrected chi connectivity index (χ4v) is 1.77. The van der Waals surface area contributed by atoms with Crippen LogP contribution in [-0.2, 0) is 13.6 Å². The van der Waals surface area contributed by atoms with Crippen molar-refractivity contribution >= 4 is 0 Å². The zero-order chi connectivity index (χ0) is 13.1. The lowest BCUT2D eigenvalue weighted by Crippen LogP contribution is -2.22. The van der Waals surface area contributed by atoms with E-state index in [1.807, 2.05) is 6.07 Å². The van der Waals surface area contributed by atoms with Crippen LogP contribution in [0.25, 0.3) is 0 Å². The predicted molar refractivity (Wildman–Crippen MR) is 66.5 cm³/mol. The maximum absolute atomic E-state index is 11.7. The van der Waals surface area contributed by atoms with E-state index >= 15 is 0 Å². The predicted octanol–water partition coefficient (Wildman–Crippen LogP) is 1.12. The molecule has 1 aromatic carbocycles. The zero-order valence-electron chi connectivity index (χ0n) is 10.3. The Labute approximate surface area is 104 Å². The molecule has 0 bridgehead atoms. The van der Waals surface area contributed by atoms with Gasteiger partial charge in [0.1, 0.15) is 11.8 Å². The molecular formula is C13H13N3O2. The van der Waals surface area contributed by atoms with E-state index in [0.29, 0.717) is 17.9 Å². The summed E-state index contributed by atoms with van der Waals surface area (Å²) in [7, 11) is 3.23. The van der Waals surface area contributed by atoms with Crippen molar-refractivity contribution in [3.63, 3.8) is 0 Å². The summed E-state index contributed by atoms with van der Waals surface area (Å²) in [5.74, 6) is 0.543.